The van der Waals surface area contributed by atoms with Gasteiger partial charge < -0.3 is 10.3 Å². The maximum Gasteiger partial charge on any atom is 0.271 e. The Morgan fingerprint density at radius 2 is 1.97 bits per heavy atom. The Morgan fingerprint density at radius 3 is 2.77 bits per heavy atom. The molecule has 0 atom stereocenters. The molecular weight excluding hydrogens is 382 g/mol. The molecule has 4 N–H and O–H groups in total. The van der Waals surface area contributed by atoms with Crippen LogP contribution < -0.4 is 16.2 Å². The number of anilines is 1. The summed E-state index contributed by atoms with van der Waals surface area (Å²) in [5.74, 6) is -0.426. The average molecular weight is 407 g/mol. The molecule has 3 rings (SSSR count). The number of hydrogen-bond acceptors (Lipinski definition) is 5. The minimum absolute atomic E-state index is 0.140. The van der Waals surface area contributed by atoms with Crippen molar-refractivity contribution in [3.63, 3.8) is 0 Å². The van der Waals surface area contributed by atoms with Crippen LogP contribution in [0.2, 0.25) is 0 Å². The number of nitrogens with one attached hydrogen (secondary N) is 4. The number of H-pyrrole nitrogens is 1. The van der Waals surface area contributed by atoms with Crippen LogP contribution in [-0.4, -0.2) is 36.2 Å². The van der Waals surface area contributed by atoms with Crippen LogP contribution >= 0.6 is 0 Å². The van der Waals surface area contributed by atoms with E-state index in [0.717, 1.165) is 22.2 Å². The van der Waals surface area contributed by atoms with Gasteiger partial charge in [0, 0.05) is 35.9 Å². The van der Waals surface area contributed by atoms with Crippen LogP contribution in [0.4, 0.5) is 5.69 Å². The number of hydroxylamine groups is 1. The van der Waals surface area contributed by atoms with Gasteiger partial charge in [0.15, 0.2) is 0 Å². The Bertz CT molecular complexity index is 1010. The van der Waals surface area contributed by atoms with Gasteiger partial charge >= 0.3 is 0 Å². The molecule has 0 radical (unpaired) electrons. The largest absolute Gasteiger partial charge is 0.385 e. The number of aromatic amines is 1. The topological polar surface area (TPSA) is 108 Å². The van der Waals surface area contributed by atoms with Crippen LogP contribution in [0, 0.1) is 0 Å². The molecule has 2 amide bonds. The minimum Gasteiger partial charge on any atom is -0.385 e. The fourth-order valence-corrected chi connectivity index (χ4v) is 2.80. The van der Waals surface area contributed by atoms with E-state index in [0.29, 0.717) is 31.6 Å². The first-order valence-corrected chi connectivity index (χ1v) is 9.81. The summed E-state index contributed by atoms with van der Waals surface area (Å²) in [5.41, 5.74) is 8.18. The second kappa shape index (κ2) is 10.8. The lowest BCUT2D eigenvalue weighted by Gasteiger charge is -2.07. The monoisotopic (exact) mass is 407 g/mol. The van der Waals surface area contributed by atoms with Gasteiger partial charge in [-0.05, 0) is 60.7 Å². The van der Waals surface area contributed by atoms with Gasteiger partial charge in [-0.25, -0.2) is 10.9 Å². The highest BCUT2D eigenvalue weighted by Gasteiger charge is 2.05. The van der Waals surface area contributed by atoms with Crippen molar-refractivity contribution >= 4 is 34.6 Å². The number of carbonyl (C=O) groups is 2. The molecule has 0 aliphatic carbocycles. The van der Waals surface area contributed by atoms with E-state index in [-0.39, 0.29) is 11.8 Å². The normalized spacial score (nSPS) is 11.0. The number of aromatic nitrogens is 1. The van der Waals surface area contributed by atoms with Crippen LogP contribution in [-0.2, 0) is 9.63 Å². The van der Waals surface area contributed by atoms with Gasteiger partial charge in [0.1, 0.15) is 0 Å². The number of benzene rings is 2. The van der Waals surface area contributed by atoms with E-state index in [9.17, 15) is 9.59 Å². The van der Waals surface area contributed by atoms with E-state index in [1.807, 2.05) is 49.5 Å². The van der Waals surface area contributed by atoms with Crippen LogP contribution in [0.3, 0.4) is 0 Å². The molecule has 0 saturated carbocycles. The molecule has 0 aliphatic rings. The Balaban J connectivity index is 1.42. The van der Waals surface area contributed by atoms with Crippen LogP contribution in [0.25, 0.3) is 10.9 Å². The van der Waals surface area contributed by atoms with E-state index < -0.39 is 0 Å². The summed E-state index contributed by atoms with van der Waals surface area (Å²) in [7, 11) is 0. The smallest absolute Gasteiger partial charge is 0.271 e. The number of hydrogen-bond donors (Lipinski definition) is 4. The first-order chi connectivity index (χ1) is 14.7. The van der Waals surface area contributed by atoms with Crippen molar-refractivity contribution < 1.29 is 14.4 Å². The molecular formula is C22H25N5O3. The van der Waals surface area contributed by atoms with Gasteiger partial charge in [0.05, 0.1) is 12.8 Å². The predicted molar refractivity (Wildman–Crippen MR) is 117 cm³/mol. The Hall–Kier alpha value is -3.65. The van der Waals surface area contributed by atoms with Crippen molar-refractivity contribution in [2.45, 2.75) is 19.8 Å². The number of nitrogens with zero attached hydrogens (tertiary/aromatic N) is 1. The lowest BCUT2D eigenvalue weighted by molar-refractivity contribution is -0.133. The van der Waals surface area contributed by atoms with Crippen LogP contribution in [0.1, 0.15) is 35.7 Å². The Morgan fingerprint density at radius 1 is 1.13 bits per heavy atom. The van der Waals surface area contributed by atoms with Crippen molar-refractivity contribution in [1.29, 1.82) is 0 Å². The van der Waals surface area contributed by atoms with Crippen molar-refractivity contribution in [2.24, 2.45) is 5.10 Å². The molecule has 1 aromatic heterocycles. The lowest BCUT2D eigenvalue weighted by atomic mass is 10.2. The minimum atomic E-state index is -0.286. The van der Waals surface area contributed by atoms with E-state index >= 15 is 0 Å². The van der Waals surface area contributed by atoms with Gasteiger partial charge in [0.2, 0.25) is 5.91 Å². The second-order valence-electron chi connectivity index (χ2n) is 6.59. The maximum atomic E-state index is 12.2. The number of amides is 2. The third kappa shape index (κ3) is 6.18. The quantitative estimate of drug-likeness (QED) is 0.235. The summed E-state index contributed by atoms with van der Waals surface area (Å²) in [6.45, 7) is 2.89. The molecule has 0 saturated heterocycles. The SMILES string of the molecule is CCONC(=O)CCCNc1ccc(C(=O)N/N=C/c2ccc3cc[nH]c3c2)cc1. The highest BCUT2D eigenvalue weighted by Crippen LogP contribution is 2.13. The van der Waals surface area contributed by atoms with Crippen molar-refractivity contribution in [2.75, 3.05) is 18.5 Å². The third-order valence-electron chi connectivity index (χ3n) is 4.35. The van der Waals surface area contributed by atoms with E-state index in [2.05, 4.69) is 26.3 Å². The summed E-state index contributed by atoms with van der Waals surface area (Å²) in [5, 5.41) is 8.37. The summed E-state index contributed by atoms with van der Waals surface area (Å²) in [6.07, 6.45) is 4.54. The van der Waals surface area contributed by atoms with E-state index in [1.165, 1.54) is 0 Å². The summed E-state index contributed by atoms with van der Waals surface area (Å²) in [4.78, 5) is 31.7. The molecule has 30 heavy (non-hydrogen) atoms. The molecule has 0 spiro atoms. The molecule has 0 unspecified atom stereocenters. The third-order valence-corrected chi connectivity index (χ3v) is 4.35. The van der Waals surface area contributed by atoms with Gasteiger partial charge in [-0.1, -0.05) is 12.1 Å². The zero-order valence-corrected chi connectivity index (χ0v) is 16.8. The molecule has 8 nitrogen and oxygen atoms in total. The van der Waals surface area contributed by atoms with Gasteiger partial charge in [-0.15, -0.1) is 0 Å². The molecule has 0 bridgehead atoms. The zero-order valence-electron chi connectivity index (χ0n) is 16.8. The van der Waals surface area contributed by atoms with E-state index in [1.54, 1.807) is 18.3 Å². The average Bonchev–Trinajstić information content (AvgIpc) is 3.23. The predicted octanol–water partition coefficient (Wildman–Crippen LogP) is 3.19. The van der Waals surface area contributed by atoms with Gasteiger partial charge in [0.25, 0.3) is 5.91 Å². The van der Waals surface area contributed by atoms with Gasteiger partial charge in [-0.2, -0.15) is 5.10 Å². The molecule has 0 fully saturated rings. The Kier molecular flexibility index (Phi) is 7.57. The molecule has 3 aromatic rings. The highest BCUT2D eigenvalue weighted by atomic mass is 16.6. The fourth-order valence-electron chi connectivity index (χ4n) is 2.80. The number of hydrazone groups is 1. The number of rotatable bonds is 10. The number of fused-ring (bicyclic) bond motifs is 1. The number of carbonyl (C=O) groups excluding carboxylic acids is 2. The first-order valence-electron chi connectivity index (χ1n) is 9.81. The van der Waals surface area contributed by atoms with Crippen molar-refractivity contribution in [1.82, 2.24) is 15.9 Å². The summed E-state index contributed by atoms with van der Waals surface area (Å²) < 4.78 is 0. The summed E-state index contributed by atoms with van der Waals surface area (Å²) >= 11 is 0. The van der Waals surface area contributed by atoms with Crippen LogP contribution in [0.15, 0.2) is 59.8 Å². The molecule has 1 heterocycles. The standard InChI is InChI=1S/C22H25N5O3/c1-2-30-27-21(28)4-3-12-23-19-9-7-18(8-10-19)22(29)26-25-15-16-5-6-17-11-13-24-20(17)14-16/h5-11,13-15,23-24H,2-4,12H2,1H3,(H,26,29)(H,27,28)/b25-15+. The van der Waals surface area contributed by atoms with Gasteiger partial charge in [-0.3, -0.25) is 14.4 Å². The zero-order chi connectivity index (χ0) is 21.2. The maximum absolute atomic E-state index is 12.2. The van der Waals surface area contributed by atoms with E-state index in [4.69, 9.17) is 4.84 Å². The van der Waals surface area contributed by atoms with Crippen molar-refractivity contribution in [3.05, 3.63) is 65.9 Å². The highest BCUT2D eigenvalue weighted by molar-refractivity contribution is 5.95. The lowest BCUT2D eigenvalue weighted by Crippen LogP contribution is -2.23. The molecule has 2 aromatic carbocycles. The first kappa shape index (κ1) is 21.1. The Labute approximate surface area is 174 Å². The molecule has 8 heteroatoms. The van der Waals surface area contributed by atoms with Crippen molar-refractivity contribution in [3.8, 4) is 0 Å². The fraction of sp³-hybridized carbons (Fsp3) is 0.227. The molecule has 156 valence electrons. The summed E-state index contributed by atoms with van der Waals surface area (Å²) in [6, 6.07) is 15.0. The van der Waals surface area contributed by atoms with Crippen LogP contribution in [0.5, 0.6) is 0 Å². The molecule has 0 aliphatic heterocycles. The second-order valence-corrected chi connectivity index (χ2v) is 6.59.